The molecule has 0 aliphatic heterocycles. The van der Waals surface area contributed by atoms with E-state index in [1.807, 2.05) is 0 Å². The Kier molecular flexibility index (Phi) is 6.97. The maximum Gasteiger partial charge on any atom is 0.357 e. The number of carbonyl (C=O) groups is 2. The number of esters is 2. The third-order valence-corrected chi connectivity index (χ3v) is 10.4. The predicted molar refractivity (Wildman–Crippen MR) is 129 cm³/mol. The second kappa shape index (κ2) is 9.42. The molecule has 0 unspecified atom stereocenters. The fraction of sp³-hybridized carbons (Fsp3) is 0.320. The molecule has 0 aliphatic rings. The van der Waals surface area contributed by atoms with Crippen molar-refractivity contribution in [1.29, 1.82) is 0 Å². The van der Waals surface area contributed by atoms with Gasteiger partial charge in [0, 0.05) is 5.56 Å². The van der Waals surface area contributed by atoms with Crippen LogP contribution < -0.4 is 4.43 Å². The Labute approximate surface area is 199 Å². The molecule has 0 fully saturated rings. The number of carbonyl (C=O) groups excluding carboxylic acids is 2. The van der Waals surface area contributed by atoms with Crippen molar-refractivity contribution in [2.75, 3.05) is 14.2 Å². The Morgan fingerprint density at radius 2 is 1.59 bits per heavy atom. The third-order valence-electron chi connectivity index (χ3n) is 6.03. The Morgan fingerprint density at radius 1 is 0.971 bits per heavy atom. The highest BCUT2D eigenvalue weighted by Gasteiger charge is 2.39. The second-order valence-corrected chi connectivity index (χ2v) is 14.0. The van der Waals surface area contributed by atoms with E-state index in [9.17, 15) is 9.59 Å². The Bertz CT molecular complexity index is 1220. The van der Waals surface area contributed by atoms with Crippen LogP contribution in [0.25, 0.3) is 16.9 Å². The number of halogens is 1. The largest absolute Gasteiger partial charge is 0.543 e. The minimum atomic E-state index is -2.23. The van der Waals surface area contributed by atoms with E-state index < -0.39 is 26.1 Å². The number of ether oxygens (including phenoxy) is 2. The molecular formula is C25H29FN2O5Si. The zero-order valence-corrected chi connectivity index (χ0v) is 21.4. The quantitative estimate of drug-likeness (QED) is 0.333. The van der Waals surface area contributed by atoms with E-state index in [0.717, 1.165) is 0 Å². The van der Waals surface area contributed by atoms with Gasteiger partial charge in [0.15, 0.2) is 5.69 Å². The van der Waals surface area contributed by atoms with Crippen molar-refractivity contribution in [3.63, 3.8) is 0 Å². The lowest BCUT2D eigenvalue weighted by molar-refractivity contribution is 0.0549. The van der Waals surface area contributed by atoms with Gasteiger partial charge in [-0.05, 0) is 48.5 Å². The van der Waals surface area contributed by atoms with Gasteiger partial charge in [-0.3, -0.25) is 0 Å². The standard InChI is InChI=1S/C25H29FN2O5Si/c1-25(2,3)34(6,7)33-17-13-14-19(26)18(15-17)21-20(23(29)31-4)22(24(30)32-5)28(27-21)16-11-9-8-10-12-16/h8-15H,1-7H3. The summed E-state index contributed by atoms with van der Waals surface area (Å²) in [6.07, 6.45) is 0. The van der Waals surface area contributed by atoms with Gasteiger partial charge in [0.25, 0.3) is 0 Å². The molecule has 9 heteroatoms. The lowest BCUT2D eigenvalue weighted by Crippen LogP contribution is -2.43. The van der Waals surface area contributed by atoms with Crippen LogP contribution in [0.3, 0.4) is 0 Å². The van der Waals surface area contributed by atoms with Gasteiger partial charge in [-0.2, -0.15) is 5.10 Å². The second-order valence-electron chi connectivity index (χ2n) is 9.31. The fourth-order valence-electron chi connectivity index (χ4n) is 3.14. The maximum absolute atomic E-state index is 15.1. The minimum absolute atomic E-state index is 0.0106. The van der Waals surface area contributed by atoms with Gasteiger partial charge in [-0.15, -0.1) is 0 Å². The molecule has 1 heterocycles. The van der Waals surface area contributed by atoms with E-state index in [2.05, 4.69) is 39.0 Å². The van der Waals surface area contributed by atoms with Crippen LogP contribution in [-0.2, 0) is 9.47 Å². The van der Waals surface area contributed by atoms with Crippen LogP contribution >= 0.6 is 0 Å². The number of rotatable bonds is 6. The van der Waals surface area contributed by atoms with Crippen molar-refractivity contribution in [1.82, 2.24) is 9.78 Å². The molecule has 34 heavy (non-hydrogen) atoms. The van der Waals surface area contributed by atoms with Crippen molar-refractivity contribution >= 4 is 20.3 Å². The highest BCUT2D eigenvalue weighted by atomic mass is 28.4. The molecule has 0 N–H and O–H groups in total. The average Bonchev–Trinajstić information content (AvgIpc) is 3.19. The number of benzene rings is 2. The minimum Gasteiger partial charge on any atom is -0.543 e. The molecule has 0 aliphatic carbocycles. The topological polar surface area (TPSA) is 79.7 Å². The number of para-hydroxylation sites is 1. The summed E-state index contributed by atoms with van der Waals surface area (Å²) in [5.74, 6) is -1.82. The summed E-state index contributed by atoms with van der Waals surface area (Å²) in [4.78, 5) is 25.6. The zero-order chi connectivity index (χ0) is 25.3. The number of hydrogen-bond donors (Lipinski definition) is 0. The van der Waals surface area contributed by atoms with Gasteiger partial charge in [-0.1, -0.05) is 39.0 Å². The van der Waals surface area contributed by atoms with E-state index in [1.54, 1.807) is 36.4 Å². The molecule has 0 spiro atoms. The summed E-state index contributed by atoms with van der Waals surface area (Å²) in [5.41, 5.74) is 0.103. The van der Waals surface area contributed by atoms with Crippen LogP contribution in [0, 0.1) is 5.82 Å². The Morgan fingerprint density at radius 3 is 2.15 bits per heavy atom. The summed E-state index contributed by atoms with van der Waals surface area (Å²) in [5, 5.41) is 4.39. The SMILES string of the molecule is COC(=O)c1c(-c2cc(O[Si](C)(C)C(C)(C)C)ccc2F)nn(-c2ccccc2)c1C(=O)OC. The molecule has 1 aromatic heterocycles. The number of hydrogen-bond acceptors (Lipinski definition) is 6. The summed E-state index contributed by atoms with van der Waals surface area (Å²) in [6.45, 7) is 10.5. The smallest absolute Gasteiger partial charge is 0.357 e. The molecule has 0 bridgehead atoms. The highest BCUT2D eigenvalue weighted by Crippen LogP contribution is 2.39. The molecule has 0 saturated heterocycles. The average molecular weight is 485 g/mol. The molecule has 0 saturated carbocycles. The van der Waals surface area contributed by atoms with Crippen LogP contribution in [-0.4, -0.2) is 44.3 Å². The molecule has 3 rings (SSSR count). The van der Waals surface area contributed by atoms with Crippen LogP contribution in [0.5, 0.6) is 5.75 Å². The molecule has 180 valence electrons. The third kappa shape index (κ3) is 4.74. The van der Waals surface area contributed by atoms with Crippen LogP contribution in [0.4, 0.5) is 4.39 Å². The Balaban J connectivity index is 2.28. The molecule has 3 aromatic rings. The van der Waals surface area contributed by atoms with Crippen LogP contribution in [0.2, 0.25) is 18.1 Å². The first kappa shape index (κ1) is 25.2. The van der Waals surface area contributed by atoms with Crippen LogP contribution in [0.15, 0.2) is 48.5 Å². The summed E-state index contributed by atoms with van der Waals surface area (Å²) in [7, 11) is 0.150. The van der Waals surface area contributed by atoms with Crippen molar-refractivity contribution in [2.24, 2.45) is 0 Å². The van der Waals surface area contributed by atoms with Gasteiger partial charge in [0.05, 0.1) is 19.9 Å². The van der Waals surface area contributed by atoms with E-state index in [4.69, 9.17) is 13.9 Å². The zero-order valence-electron chi connectivity index (χ0n) is 20.4. The predicted octanol–water partition coefficient (Wildman–Crippen LogP) is 5.64. The van der Waals surface area contributed by atoms with Crippen molar-refractivity contribution in [3.05, 3.63) is 65.6 Å². The monoisotopic (exact) mass is 484 g/mol. The molecule has 0 radical (unpaired) electrons. The normalized spacial score (nSPS) is 11.8. The summed E-state index contributed by atoms with van der Waals surface area (Å²) < 4.78 is 32.6. The van der Waals surface area contributed by atoms with Gasteiger partial charge in [-0.25, -0.2) is 18.7 Å². The van der Waals surface area contributed by atoms with E-state index >= 15 is 4.39 Å². The Hall–Kier alpha value is -3.46. The maximum atomic E-state index is 15.1. The highest BCUT2D eigenvalue weighted by molar-refractivity contribution is 6.74. The first-order valence-corrected chi connectivity index (χ1v) is 13.7. The molecule has 0 amide bonds. The first-order chi connectivity index (χ1) is 15.9. The van der Waals surface area contributed by atoms with Crippen molar-refractivity contribution in [3.8, 4) is 22.7 Å². The molecule has 2 aromatic carbocycles. The molecular weight excluding hydrogens is 455 g/mol. The van der Waals surface area contributed by atoms with Crippen molar-refractivity contribution < 1.29 is 27.9 Å². The van der Waals surface area contributed by atoms with E-state index in [-0.39, 0.29) is 27.6 Å². The van der Waals surface area contributed by atoms with Gasteiger partial charge in [0.1, 0.15) is 22.8 Å². The number of methoxy groups -OCH3 is 2. The molecule has 7 nitrogen and oxygen atoms in total. The first-order valence-electron chi connectivity index (χ1n) is 10.7. The molecule has 0 atom stereocenters. The number of aromatic nitrogens is 2. The van der Waals surface area contributed by atoms with Gasteiger partial charge in [0.2, 0.25) is 8.32 Å². The van der Waals surface area contributed by atoms with Crippen LogP contribution in [0.1, 0.15) is 41.6 Å². The van der Waals surface area contributed by atoms with E-state index in [1.165, 1.54) is 31.0 Å². The summed E-state index contributed by atoms with van der Waals surface area (Å²) in [6, 6.07) is 13.0. The fourth-order valence-corrected chi connectivity index (χ4v) is 4.16. The van der Waals surface area contributed by atoms with E-state index in [0.29, 0.717) is 11.4 Å². The van der Waals surface area contributed by atoms with Crippen molar-refractivity contribution in [2.45, 2.75) is 38.9 Å². The summed E-state index contributed by atoms with van der Waals surface area (Å²) >= 11 is 0. The van der Waals surface area contributed by atoms with Gasteiger partial charge < -0.3 is 13.9 Å². The van der Waals surface area contributed by atoms with Gasteiger partial charge >= 0.3 is 11.9 Å². The lowest BCUT2D eigenvalue weighted by Gasteiger charge is -2.36. The lowest BCUT2D eigenvalue weighted by atomic mass is 10.0. The number of nitrogens with zero attached hydrogens (tertiary/aromatic N) is 2.